The zero-order valence-corrected chi connectivity index (χ0v) is 16.4. The maximum Gasteiger partial charge on any atom is 0.270 e. The molecule has 0 bridgehead atoms. The van der Waals surface area contributed by atoms with Gasteiger partial charge in [0.2, 0.25) is 5.88 Å². The molecule has 2 heterocycles. The van der Waals surface area contributed by atoms with Gasteiger partial charge < -0.3 is 9.84 Å². The van der Waals surface area contributed by atoms with E-state index in [1.165, 1.54) is 16.0 Å². The van der Waals surface area contributed by atoms with E-state index in [9.17, 15) is 9.90 Å². The third-order valence-corrected chi connectivity index (χ3v) is 5.53. The second-order valence-electron chi connectivity index (χ2n) is 5.94. The first-order valence-corrected chi connectivity index (χ1v) is 9.54. The summed E-state index contributed by atoms with van der Waals surface area (Å²) in [5.41, 5.74) is 5.78. The van der Waals surface area contributed by atoms with Crippen LogP contribution in [0.3, 0.4) is 0 Å². The minimum atomic E-state index is -0.390. The molecule has 0 atom stereocenters. The predicted octanol–water partition coefficient (Wildman–Crippen LogP) is 4.63. The Kier molecular flexibility index (Phi) is 4.81. The smallest absolute Gasteiger partial charge is 0.270 e. The molecular formula is C20H15N3O3S2. The molecule has 0 unspecified atom stereocenters. The van der Waals surface area contributed by atoms with Crippen LogP contribution in [0.25, 0.3) is 11.6 Å². The molecule has 0 saturated heterocycles. The van der Waals surface area contributed by atoms with Gasteiger partial charge in [-0.1, -0.05) is 29.5 Å². The first-order valence-electron chi connectivity index (χ1n) is 8.32. The molecule has 4 rings (SSSR count). The zero-order chi connectivity index (χ0) is 19.7. The summed E-state index contributed by atoms with van der Waals surface area (Å²) in [7, 11) is 1.56. The van der Waals surface area contributed by atoms with Crippen molar-refractivity contribution >= 4 is 53.0 Å². The number of thiazole rings is 1. The fourth-order valence-corrected chi connectivity index (χ4v) is 3.96. The molecule has 2 aromatic carbocycles. The van der Waals surface area contributed by atoms with Gasteiger partial charge in [0.1, 0.15) is 5.75 Å². The van der Waals surface area contributed by atoms with Crippen molar-refractivity contribution in [1.82, 2.24) is 4.68 Å². The number of para-hydroxylation sites is 1. The van der Waals surface area contributed by atoms with Crippen LogP contribution in [0.1, 0.15) is 20.8 Å². The number of carbonyl (C=O) groups excluding carboxylic acids is 1. The Bertz CT molecular complexity index is 1170. The lowest BCUT2D eigenvalue weighted by molar-refractivity contribution is 0.101. The van der Waals surface area contributed by atoms with Gasteiger partial charge in [-0.15, -0.1) is 0 Å². The fourth-order valence-electron chi connectivity index (χ4n) is 2.78. The number of hydrogen-bond acceptors (Lipinski definition) is 6. The summed E-state index contributed by atoms with van der Waals surface area (Å²) >= 11 is 6.51. The number of aliphatic imine (C=N–C) groups is 1. The first-order chi connectivity index (χ1) is 13.6. The van der Waals surface area contributed by atoms with Gasteiger partial charge >= 0.3 is 0 Å². The number of aromatic hydroxyl groups is 1. The molecule has 140 valence electrons. The minimum absolute atomic E-state index is 0.123. The van der Waals surface area contributed by atoms with E-state index in [2.05, 4.69) is 10.4 Å². The molecule has 0 radical (unpaired) electrons. The van der Waals surface area contributed by atoms with Gasteiger partial charge in [-0.05, 0) is 48.6 Å². The average Bonchev–Trinajstić information content (AvgIpc) is 3.24. The van der Waals surface area contributed by atoms with Gasteiger partial charge in [0, 0.05) is 22.9 Å². The molecule has 1 aliphatic rings. The Morgan fingerprint density at radius 3 is 2.75 bits per heavy atom. The van der Waals surface area contributed by atoms with Crippen molar-refractivity contribution in [2.75, 3.05) is 12.5 Å². The highest BCUT2D eigenvalue weighted by molar-refractivity contribution is 7.73. The number of ether oxygens (including phenoxy) is 1. The van der Waals surface area contributed by atoms with Crippen molar-refractivity contribution in [3.05, 3.63) is 68.5 Å². The number of methoxy groups -OCH3 is 1. The standard InChI is InChI=1S/C20H15N3O3S2/c1-26-14-8-6-12(7-9-14)18(24)22-23-19(25)17(28-20(23)27)10-13-11-21-16-5-3-2-4-15(13)16/h2-11,25H,1H3,(H,22,24)/b13-10-. The molecule has 1 amide bonds. The molecule has 8 heteroatoms. The molecule has 6 nitrogen and oxygen atoms in total. The lowest BCUT2D eigenvalue weighted by atomic mass is 10.1. The molecule has 1 aromatic heterocycles. The number of hydrogen-bond donors (Lipinski definition) is 2. The summed E-state index contributed by atoms with van der Waals surface area (Å²) < 4.78 is 6.62. The number of amides is 1. The quantitative estimate of drug-likeness (QED) is 0.616. The van der Waals surface area contributed by atoms with Gasteiger partial charge in [-0.2, -0.15) is 4.68 Å². The van der Waals surface area contributed by atoms with E-state index in [0.29, 0.717) is 20.1 Å². The maximum absolute atomic E-state index is 12.5. The molecule has 0 aliphatic carbocycles. The summed E-state index contributed by atoms with van der Waals surface area (Å²) in [5.74, 6) is 0.139. The highest BCUT2D eigenvalue weighted by atomic mass is 32.1. The van der Waals surface area contributed by atoms with Crippen molar-refractivity contribution in [1.29, 1.82) is 0 Å². The number of benzene rings is 2. The van der Waals surface area contributed by atoms with E-state index in [0.717, 1.165) is 16.8 Å². The number of nitrogens with one attached hydrogen (secondary N) is 1. The predicted molar refractivity (Wildman–Crippen MR) is 114 cm³/mol. The number of nitrogens with zero attached hydrogens (tertiary/aromatic N) is 2. The van der Waals surface area contributed by atoms with E-state index in [1.54, 1.807) is 43.7 Å². The first kappa shape index (κ1) is 18.1. The van der Waals surface area contributed by atoms with Crippen molar-refractivity contribution in [2.24, 2.45) is 4.99 Å². The molecular weight excluding hydrogens is 394 g/mol. The fraction of sp³-hybridized carbons (Fsp3) is 0.0500. The van der Waals surface area contributed by atoms with Crippen LogP contribution in [0.4, 0.5) is 5.69 Å². The zero-order valence-electron chi connectivity index (χ0n) is 14.7. The Hall–Kier alpha value is -3.23. The van der Waals surface area contributed by atoms with Crippen LogP contribution in [0.15, 0.2) is 53.5 Å². The molecule has 1 aliphatic heterocycles. The summed E-state index contributed by atoms with van der Waals surface area (Å²) in [6.07, 6.45) is 3.55. The Labute approximate surface area is 170 Å². The Balaban J connectivity index is 1.61. The topological polar surface area (TPSA) is 75.8 Å². The van der Waals surface area contributed by atoms with Gasteiger partial charge in [0.25, 0.3) is 5.91 Å². The molecule has 0 saturated carbocycles. The SMILES string of the molecule is COc1ccc(C(=O)Nn2c(O)c(/C=C3/C=Nc4ccccc43)sc2=S)cc1. The maximum atomic E-state index is 12.5. The van der Waals surface area contributed by atoms with Crippen LogP contribution in [0, 0.1) is 3.95 Å². The molecule has 0 spiro atoms. The third-order valence-electron chi connectivity index (χ3n) is 4.22. The highest BCUT2D eigenvalue weighted by Gasteiger charge is 2.17. The number of allylic oxidation sites excluding steroid dienone is 1. The van der Waals surface area contributed by atoms with Crippen LogP contribution in [-0.2, 0) is 0 Å². The second-order valence-corrected chi connectivity index (χ2v) is 7.61. The van der Waals surface area contributed by atoms with Gasteiger partial charge in [0.15, 0.2) is 3.95 Å². The number of carbonyl (C=O) groups is 1. The van der Waals surface area contributed by atoms with E-state index >= 15 is 0 Å². The van der Waals surface area contributed by atoms with E-state index in [1.807, 2.05) is 24.3 Å². The number of fused-ring (bicyclic) bond motifs is 1. The lowest BCUT2D eigenvalue weighted by Crippen LogP contribution is -2.22. The average molecular weight is 409 g/mol. The molecule has 0 fully saturated rings. The van der Waals surface area contributed by atoms with E-state index in [4.69, 9.17) is 17.0 Å². The lowest BCUT2D eigenvalue weighted by Gasteiger charge is -2.08. The van der Waals surface area contributed by atoms with E-state index < -0.39 is 0 Å². The summed E-state index contributed by atoms with van der Waals surface area (Å²) in [6.45, 7) is 0. The van der Waals surface area contributed by atoms with Crippen molar-refractivity contribution < 1.29 is 14.6 Å². The molecule has 3 aromatic rings. The Morgan fingerprint density at radius 2 is 2.00 bits per heavy atom. The number of rotatable bonds is 4. The van der Waals surface area contributed by atoms with Crippen LogP contribution >= 0.6 is 23.6 Å². The van der Waals surface area contributed by atoms with Crippen LogP contribution in [0.2, 0.25) is 0 Å². The number of aromatic nitrogens is 1. The van der Waals surface area contributed by atoms with E-state index in [-0.39, 0.29) is 11.8 Å². The van der Waals surface area contributed by atoms with Gasteiger partial charge in [-0.3, -0.25) is 15.2 Å². The largest absolute Gasteiger partial charge is 0.497 e. The molecule has 28 heavy (non-hydrogen) atoms. The van der Waals surface area contributed by atoms with Crippen molar-refractivity contribution in [3.63, 3.8) is 0 Å². The summed E-state index contributed by atoms with van der Waals surface area (Å²) in [4.78, 5) is 17.4. The van der Waals surface area contributed by atoms with Gasteiger partial charge in [-0.25, -0.2) is 0 Å². The van der Waals surface area contributed by atoms with Crippen molar-refractivity contribution in [3.8, 4) is 11.6 Å². The monoisotopic (exact) mass is 409 g/mol. The summed E-state index contributed by atoms with van der Waals surface area (Å²) in [5, 5.41) is 10.6. The summed E-state index contributed by atoms with van der Waals surface area (Å²) in [6, 6.07) is 14.4. The normalized spacial score (nSPS) is 13.5. The van der Waals surface area contributed by atoms with Crippen LogP contribution < -0.4 is 10.2 Å². The second kappa shape index (κ2) is 7.41. The molecule has 2 N–H and O–H groups in total. The third kappa shape index (κ3) is 3.35. The van der Waals surface area contributed by atoms with Crippen LogP contribution in [-0.4, -0.2) is 29.0 Å². The van der Waals surface area contributed by atoms with Crippen molar-refractivity contribution in [2.45, 2.75) is 0 Å². The van der Waals surface area contributed by atoms with Crippen LogP contribution in [0.5, 0.6) is 11.6 Å². The van der Waals surface area contributed by atoms with Gasteiger partial charge in [0.05, 0.1) is 17.7 Å². The minimum Gasteiger partial charge on any atom is -0.497 e. The Morgan fingerprint density at radius 1 is 1.25 bits per heavy atom. The highest BCUT2D eigenvalue weighted by Crippen LogP contribution is 2.35.